The molecule has 98 valence electrons. The lowest BCUT2D eigenvalue weighted by atomic mass is 10.0. The topological polar surface area (TPSA) is 70.6 Å². The quantitative estimate of drug-likeness (QED) is 0.697. The van der Waals surface area contributed by atoms with E-state index >= 15 is 0 Å². The Kier molecular flexibility index (Phi) is 3.49. The predicted octanol–water partition coefficient (Wildman–Crippen LogP) is 0.848. The number of ether oxygens (including phenoxy) is 1. The summed E-state index contributed by atoms with van der Waals surface area (Å²) in [5.74, 6) is -1.57. The third-order valence-corrected chi connectivity index (χ3v) is 2.78. The summed E-state index contributed by atoms with van der Waals surface area (Å²) in [5.41, 5.74) is -0.00633. The van der Waals surface area contributed by atoms with Crippen LogP contribution in [0.2, 0.25) is 0 Å². The number of amides is 1. The van der Waals surface area contributed by atoms with Gasteiger partial charge >= 0.3 is 0 Å². The largest absolute Gasteiger partial charge is 0.505 e. The highest BCUT2D eigenvalue weighted by Crippen LogP contribution is 2.19. The van der Waals surface area contributed by atoms with Crippen LogP contribution in [0, 0.1) is 5.82 Å². The van der Waals surface area contributed by atoms with Crippen molar-refractivity contribution in [3.8, 4) is 5.75 Å². The number of aromatic hydroxyl groups is 1. The number of hydrogen-bond acceptors (Lipinski definition) is 4. The molecule has 1 aromatic carbocycles. The summed E-state index contributed by atoms with van der Waals surface area (Å²) in [6.45, 7) is 3.26. The Morgan fingerprint density at radius 2 is 2.33 bits per heavy atom. The van der Waals surface area contributed by atoms with E-state index in [0.717, 1.165) is 6.07 Å². The van der Waals surface area contributed by atoms with Gasteiger partial charge < -0.3 is 20.5 Å². The number of nitrogens with one attached hydrogen (secondary N) is 2. The van der Waals surface area contributed by atoms with Gasteiger partial charge in [0.25, 0.3) is 0 Å². The summed E-state index contributed by atoms with van der Waals surface area (Å²) in [6.07, 6.45) is 0. The van der Waals surface area contributed by atoms with E-state index in [1.54, 1.807) is 0 Å². The number of benzene rings is 1. The van der Waals surface area contributed by atoms with Gasteiger partial charge in [0.05, 0.1) is 5.60 Å². The van der Waals surface area contributed by atoms with Crippen LogP contribution >= 0.6 is 0 Å². The highest BCUT2D eigenvalue weighted by atomic mass is 19.1. The van der Waals surface area contributed by atoms with Crippen molar-refractivity contribution in [3.05, 3.63) is 24.0 Å². The highest BCUT2D eigenvalue weighted by molar-refractivity contribution is 5.91. The maximum Gasteiger partial charge on any atom is 0.250 e. The summed E-state index contributed by atoms with van der Waals surface area (Å²) in [6, 6.07) is 3.66. The Labute approximate surface area is 104 Å². The first-order chi connectivity index (χ1) is 8.48. The van der Waals surface area contributed by atoms with Crippen molar-refractivity contribution in [2.24, 2.45) is 0 Å². The van der Waals surface area contributed by atoms with Crippen LogP contribution in [0.1, 0.15) is 6.92 Å². The molecule has 1 amide bonds. The molecule has 6 heteroatoms. The van der Waals surface area contributed by atoms with E-state index in [1.165, 1.54) is 12.1 Å². The minimum atomic E-state index is -0.774. The van der Waals surface area contributed by atoms with Crippen LogP contribution in [0.4, 0.5) is 10.1 Å². The molecule has 1 fully saturated rings. The van der Waals surface area contributed by atoms with Crippen LogP contribution in [0.5, 0.6) is 5.75 Å². The van der Waals surface area contributed by atoms with Crippen molar-refractivity contribution in [1.29, 1.82) is 0 Å². The monoisotopic (exact) mass is 254 g/mol. The van der Waals surface area contributed by atoms with Crippen molar-refractivity contribution >= 4 is 11.6 Å². The average Bonchev–Trinajstić information content (AvgIpc) is 2.29. The molecule has 1 heterocycles. The van der Waals surface area contributed by atoms with Crippen molar-refractivity contribution in [2.45, 2.75) is 12.5 Å². The smallest absolute Gasteiger partial charge is 0.250 e. The second-order valence-corrected chi connectivity index (χ2v) is 4.56. The second kappa shape index (κ2) is 4.91. The number of anilines is 1. The molecule has 18 heavy (non-hydrogen) atoms. The molecular weight excluding hydrogens is 239 g/mol. The molecule has 5 nitrogen and oxygen atoms in total. The van der Waals surface area contributed by atoms with Crippen molar-refractivity contribution in [2.75, 3.05) is 25.0 Å². The first-order valence-corrected chi connectivity index (χ1v) is 5.62. The molecule has 1 aromatic rings. The Morgan fingerprint density at radius 3 is 2.89 bits per heavy atom. The van der Waals surface area contributed by atoms with Gasteiger partial charge in [0.15, 0.2) is 11.6 Å². The molecular formula is C12H15FN2O3. The number of rotatable bonds is 4. The van der Waals surface area contributed by atoms with E-state index in [-0.39, 0.29) is 23.8 Å². The van der Waals surface area contributed by atoms with Crippen molar-refractivity contribution in [3.63, 3.8) is 0 Å². The standard InChI is InChI=1S/C12H15FN2O3/c1-12(6-14-7-12)18-5-11(17)15-8-2-3-10(16)9(13)4-8/h2-4,14,16H,5-7H2,1H3,(H,15,17). The number of carbonyl (C=O) groups is 1. The lowest BCUT2D eigenvalue weighted by Gasteiger charge is -2.38. The molecule has 1 aliphatic heterocycles. The van der Waals surface area contributed by atoms with E-state index in [9.17, 15) is 9.18 Å². The third-order valence-electron chi connectivity index (χ3n) is 2.78. The number of halogens is 1. The molecule has 0 spiro atoms. The van der Waals surface area contributed by atoms with Crippen LogP contribution < -0.4 is 10.6 Å². The van der Waals surface area contributed by atoms with Crippen LogP contribution in [-0.2, 0) is 9.53 Å². The van der Waals surface area contributed by atoms with E-state index in [1.807, 2.05) is 6.92 Å². The Hall–Kier alpha value is -1.66. The van der Waals surface area contributed by atoms with Gasteiger partial charge in [-0.3, -0.25) is 4.79 Å². The van der Waals surface area contributed by atoms with Gasteiger partial charge in [0.2, 0.25) is 5.91 Å². The molecule has 0 bridgehead atoms. The minimum absolute atomic E-state index is 0.0827. The number of hydrogen-bond donors (Lipinski definition) is 3. The SMILES string of the molecule is CC1(OCC(=O)Nc2ccc(O)c(F)c2)CNC1. The van der Waals surface area contributed by atoms with Crippen molar-refractivity contribution < 1.29 is 19.0 Å². The Morgan fingerprint density at radius 1 is 1.61 bits per heavy atom. The molecule has 0 aromatic heterocycles. The van der Waals surface area contributed by atoms with Gasteiger partial charge in [-0.1, -0.05) is 0 Å². The summed E-state index contributed by atoms with van der Waals surface area (Å²) in [4.78, 5) is 11.6. The lowest BCUT2D eigenvalue weighted by Crippen LogP contribution is -2.59. The second-order valence-electron chi connectivity index (χ2n) is 4.56. The van der Waals surface area contributed by atoms with E-state index in [2.05, 4.69) is 10.6 Å². The van der Waals surface area contributed by atoms with Gasteiger partial charge in [0, 0.05) is 24.8 Å². The van der Waals surface area contributed by atoms with E-state index in [0.29, 0.717) is 13.1 Å². The first kappa shape index (κ1) is 12.8. The van der Waals surface area contributed by atoms with E-state index in [4.69, 9.17) is 9.84 Å². The van der Waals surface area contributed by atoms with E-state index < -0.39 is 11.6 Å². The fraction of sp³-hybridized carbons (Fsp3) is 0.417. The maximum absolute atomic E-state index is 13.0. The molecule has 1 saturated heterocycles. The van der Waals surface area contributed by atoms with Gasteiger partial charge in [-0.05, 0) is 19.1 Å². The predicted molar refractivity (Wildman–Crippen MR) is 63.9 cm³/mol. The normalized spacial score (nSPS) is 17.0. The highest BCUT2D eigenvalue weighted by Gasteiger charge is 2.32. The van der Waals surface area contributed by atoms with Crippen LogP contribution in [0.25, 0.3) is 0 Å². The summed E-state index contributed by atoms with van der Waals surface area (Å²) in [7, 11) is 0. The number of carbonyl (C=O) groups excluding carboxylic acids is 1. The fourth-order valence-electron chi connectivity index (χ4n) is 1.60. The summed E-state index contributed by atoms with van der Waals surface area (Å²) >= 11 is 0. The number of phenols is 1. The fourth-order valence-corrected chi connectivity index (χ4v) is 1.60. The van der Waals surface area contributed by atoms with Crippen molar-refractivity contribution in [1.82, 2.24) is 5.32 Å². The molecule has 0 atom stereocenters. The molecule has 0 aliphatic carbocycles. The summed E-state index contributed by atoms with van der Waals surface area (Å²) in [5, 5.41) is 14.6. The maximum atomic E-state index is 13.0. The Balaban J connectivity index is 1.85. The molecule has 0 saturated carbocycles. The zero-order valence-corrected chi connectivity index (χ0v) is 10.00. The first-order valence-electron chi connectivity index (χ1n) is 5.62. The van der Waals surface area contributed by atoms with Crippen LogP contribution in [0.3, 0.4) is 0 Å². The molecule has 2 rings (SSSR count). The van der Waals surface area contributed by atoms with Crippen LogP contribution in [-0.4, -0.2) is 36.3 Å². The number of phenolic OH excluding ortho intramolecular Hbond substituents is 1. The molecule has 0 unspecified atom stereocenters. The van der Waals surface area contributed by atoms with Gasteiger partial charge in [-0.15, -0.1) is 0 Å². The molecule has 0 radical (unpaired) electrons. The van der Waals surface area contributed by atoms with Gasteiger partial charge in [-0.2, -0.15) is 0 Å². The third kappa shape index (κ3) is 2.96. The zero-order chi connectivity index (χ0) is 13.2. The van der Waals surface area contributed by atoms with Gasteiger partial charge in [-0.25, -0.2) is 4.39 Å². The molecule has 1 aliphatic rings. The molecule has 3 N–H and O–H groups in total. The summed E-state index contributed by atoms with van der Waals surface area (Å²) < 4.78 is 18.5. The van der Waals surface area contributed by atoms with Gasteiger partial charge in [0.1, 0.15) is 6.61 Å². The Bertz CT molecular complexity index is 461. The average molecular weight is 254 g/mol. The zero-order valence-electron chi connectivity index (χ0n) is 10.00. The lowest BCUT2D eigenvalue weighted by molar-refractivity contribution is -0.130. The minimum Gasteiger partial charge on any atom is -0.505 e. The van der Waals surface area contributed by atoms with Crippen LogP contribution in [0.15, 0.2) is 18.2 Å².